The summed E-state index contributed by atoms with van der Waals surface area (Å²) in [5, 5.41) is 19.0. The minimum Gasteiger partial charge on any atom is -0.479 e. The lowest BCUT2D eigenvalue weighted by atomic mass is 9.91. The number of carboxylic acids is 1. The Morgan fingerprint density at radius 2 is 2.05 bits per heavy atom. The maximum Gasteiger partial charge on any atom is 0.329 e. The van der Waals surface area contributed by atoms with Crippen LogP contribution in [0.1, 0.15) is 45.4 Å². The summed E-state index contributed by atoms with van der Waals surface area (Å²) in [5.74, 6) is -0.898. The molecule has 2 unspecified atom stereocenters. The van der Waals surface area contributed by atoms with Crippen LogP contribution in [-0.2, 0) is 4.79 Å². The molecule has 0 saturated carbocycles. The monoisotopic (exact) mass is 284 g/mol. The first-order valence-corrected chi connectivity index (χ1v) is 7.49. The summed E-state index contributed by atoms with van der Waals surface area (Å²) < 4.78 is 0. The summed E-state index contributed by atoms with van der Waals surface area (Å²) in [6.45, 7) is 3.01. The molecule has 2 atom stereocenters. The molecule has 2 amide bonds. The Labute approximate surface area is 119 Å². The molecule has 0 bridgehead atoms. The van der Waals surface area contributed by atoms with E-state index >= 15 is 0 Å². The second kappa shape index (κ2) is 5.99. The first kappa shape index (κ1) is 15.1. The molecule has 2 saturated heterocycles. The predicted molar refractivity (Wildman–Crippen MR) is 73.4 cm³/mol. The van der Waals surface area contributed by atoms with Crippen LogP contribution in [0.4, 0.5) is 4.79 Å². The van der Waals surface area contributed by atoms with E-state index in [-0.39, 0.29) is 18.7 Å². The highest BCUT2D eigenvalue weighted by Gasteiger charge is 2.51. The Kier molecular flexibility index (Phi) is 4.52. The Morgan fingerprint density at radius 3 is 2.65 bits per heavy atom. The van der Waals surface area contributed by atoms with Gasteiger partial charge < -0.3 is 20.0 Å². The van der Waals surface area contributed by atoms with Gasteiger partial charge in [-0.2, -0.15) is 0 Å². The first-order chi connectivity index (χ1) is 9.56. The van der Waals surface area contributed by atoms with Crippen LogP contribution < -0.4 is 0 Å². The van der Waals surface area contributed by atoms with Crippen molar-refractivity contribution in [3.8, 4) is 0 Å². The fourth-order valence-corrected chi connectivity index (χ4v) is 3.59. The Bertz CT molecular complexity index is 387. The first-order valence-electron chi connectivity index (χ1n) is 7.49. The van der Waals surface area contributed by atoms with Crippen molar-refractivity contribution in [1.82, 2.24) is 9.80 Å². The van der Waals surface area contributed by atoms with E-state index in [1.54, 1.807) is 4.90 Å². The van der Waals surface area contributed by atoms with E-state index in [1.165, 1.54) is 4.90 Å². The fraction of sp³-hybridized carbons (Fsp3) is 0.857. The average molecular weight is 284 g/mol. The number of carbonyl (C=O) groups excluding carboxylic acids is 1. The van der Waals surface area contributed by atoms with Crippen LogP contribution >= 0.6 is 0 Å². The predicted octanol–water partition coefficient (Wildman–Crippen LogP) is 1.28. The molecule has 2 heterocycles. The van der Waals surface area contributed by atoms with Crippen LogP contribution in [0.15, 0.2) is 0 Å². The molecule has 2 fully saturated rings. The summed E-state index contributed by atoms with van der Waals surface area (Å²) in [6, 6.07) is -0.369. The number of aliphatic hydroxyl groups is 1. The van der Waals surface area contributed by atoms with Crippen molar-refractivity contribution in [3.05, 3.63) is 0 Å². The number of hydrogen-bond acceptors (Lipinski definition) is 3. The van der Waals surface area contributed by atoms with Crippen molar-refractivity contribution in [2.45, 2.75) is 57.0 Å². The lowest BCUT2D eigenvalue weighted by Crippen LogP contribution is -2.57. The molecule has 2 N–H and O–H groups in total. The van der Waals surface area contributed by atoms with E-state index in [4.69, 9.17) is 0 Å². The van der Waals surface area contributed by atoms with Gasteiger partial charge in [0.1, 0.15) is 5.54 Å². The fourth-order valence-electron chi connectivity index (χ4n) is 3.59. The zero-order valence-electron chi connectivity index (χ0n) is 12.0. The molecule has 2 aliphatic heterocycles. The van der Waals surface area contributed by atoms with Gasteiger partial charge in [0, 0.05) is 13.1 Å². The number of likely N-dealkylation sites (tertiary alicyclic amines) is 2. The van der Waals surface area contributed by atoms with Crippen molar-refractivity contribution < 1.29 is 19.8 Å². The summed E-state index contributed by atoms with van der Waals surface area (Å²) >= 11 is 0. The lowest BCUT2D eigenvalue weighted by molar-refractivity contribution is -0.149. The molecule has 2 aliphatic rings. The number of rotatable bonds is 4. The van der Waals surface area contributed by atoms with Gasteiger partial charge in [0.05, 0.1) is 12.6 Å². The zero-order chi connectivity index (χ0) is 14.8. The second-order valence-corrected chi connectivity index (χ2v) is 5.80. The van der Waals surface area contributed by atoms with E-state index in [0.29, 0.717) is 25.9 Å². The number of nitrogens with zero attached hydrogens (tertiary/aromatic N) is 2. The molecule has 0 radical (unpaired) electrons. The molecule has 114 valence electrons. The summed E-state index contributed by atoms with van der Waals surface area (Å²) in [7, 11) is 0. The molecule has 0 aromatic rings. The van der Waals surface area contributed by atoms with E-state index in [9.17, 15) is 19.8 Å². The van der Waals surface area contributed by atoms with Crippen LogP contribution in [0, 0.1) is 0 Å². The standard InChI is InChI=1S/C14H24N2O4/c1-2-6-14(12(18)19)7-4-9-16(14)13(20)15-8-3-5-11(15)10-17/h11,17H,2-10H2,1H3,(H,18,19). The lowest BCUT2D eigenvalue weighted by Gasteiger charge is -2.38. The Hall–Kier alpha value is -1.30. The molecular formula is C14H24N2O4. The average Bonchev–Trinajstić information content (AvgIpc) is 3.05. The van der Waals surface area contributed by atoms with Gasteiger partial charge in [-0.05, 0) is 32.1 Å². The third-order valence-corrected chi connectivity index (χ3v) is 4.61. The minimum atomic E-state index is -1.05. The quantitative estimate of drug-likeness (QED) is 0.815. The third kappa shape index (κ3) is 2.37. The van der Waals surface area contributed by atoms with Gasteiger partial charge in [0.15, 0.2) is 0 Å². The molecule has 6 heteroatoms. The highest BCUT2D eigenvalue weighted by molar-refractivity contribution is 5.87. The molecule has 0 aromatic heterocycles. The molecule has 0 spiro atoms. The van der Waals surface area contributed by atoms with Crippen LogP contribution in [0.5, 0.6) is 0 Å². The topological polar surface area (TPSA) is 81.1 Å². The van der Waals surface area contributed by atoms with Crippen LogP contribution in [-0.4, -0.2) is 63.3 Å². The van der Waals surface area contributed by atoms with E-state index < -0.39 is 11.5 Å². The third-order valence-electron chi connectivity index (χ3n) is 4.61. The SMILES string of the molecule is CCCC1(C(=O)O)CCCN1C(=O)N1CCCC1CO. The van der Waals surface area contributed by atoms with Gasteiger partial charge in [0.2, 0.25) is 0 Å². The van der Waals surface area contributed by atoms with Gasteiger partial charge in [-0.3, -0.25) is 0 Å². The van der Waals surface area contributed by atoms with Gasteiger partial charge in [-0.1, -0.05) is 13.3 Å². The van der Waals surface area contributed by atoms with Gasteiger partial charge >= 0.3 is 12.0 Å². The number of urea groups is 1. The number of amides is 2. The van der Waals surface area contributed by atoms with E-state index in [0.717, 1.165) is 25.7 Å². The van der Waals surface area contributed by atoms with Gasteiger partial charge in [-0.15, -0.1) is 0 Å². The smallest absolute Gasteiger partial charge is 0.329 e. The Morgan fingerprint density at radius 1 is 1.30 bits per heavy atom. The van der Waals surface area contributed by atoms with Crippen molar-refractivity contribution in [1.29, 1.82) is 0 Å². The van der Waals surface area contributed by atoms with Gasteiger partial charge in [0.25, 0.3) is 0 Å². The number of hydrogen-bond donors (Lipinski definition) is 2. The van der Waals surface area contributed by atoms with Crippen LogP contribution in [0.25, 0.3) is 0 Å². The summed E-state index contributed by atoms with van der Waals surface area (Å²) in [5.41, 5.74) is -1.05. The van der Waals surface area contributed by atoms with Crippen molar-refractivity contribution in [2.24, 2.45) is 0 Å². The molecule has 20 heavy (non-hydrogen) atoms. The highest BCUT2D eigenvalue weighted by Crippen LogP contribution is 2.36. The number of aliphatic carboxylic acids is 1. The maximum atomic E-state index is 12.7. The van der Waals surface area contributed by atoms with Crippen molar-refractivity contribution in [2.75, 3.05) is 19.7 Å². The summed E-state index contributed by atoms with van der Waals surface area (Å²) in [6.07, 6.45) is 4.16. The number of carbonyl (C=O) groups is 2. The molecule has 2 rings (SSSR count). The zero-order valence-corrected chi connectivity index (χ0v) is 12.0. The minimum absolute atomic E-state index is 0.0482. The number of carboxylic acid groups (broad SMARTS) is 1. The highest BCUT2D eigenvalue weighted by atomic mass is 16.4. The second-order valence-electron chi connectivity index (χ2n) is 5.80. The Balaban J connectivity index is 2.21. The normalized spacial score (nSPS) is 30.0. The van der Waals surface area contributed by atoms with Gasteiger partial charge in [-0.25, -0.2) is 9.59 Å². The van der Waals surface area contributed by atoms with E-state index in [1.807, 2.05) is 6.92 Å². The number of aliphatic hydroxyl groups excluding tert-OH is 1. The van der Waals surface area contributed by atoms with E-state index in [2.05, 4.69) is 0 Å². The van der Waals surface area contributed by atoms with Crippen molar-refractivity contribution >= 4 is 12.0 Å². The molecular weight excluding hydrogens is 260 g/mol. The molecule has 6 nitrogen and oxygen atoms in total. The largest absolute Gasteiger partial charge is 0.479 e. The molecule has 0 aliphatic carbocycles. The maximum absolute atomic E-state index is 12.7. The van der Waals surface area contributed by atoms with Crippen LogP contribution in [0.3, 0.4) is 0 Å². The van der Waals surface area contributed by atoms with Crippen molar-refractivity contribution in [3.63, 3.8) is 0 Å². The van der Waals surface area contributed by atoms with Crippen LogP contribution in [0.2, 0.25) is 0 Å². The molecule has 0 aromatic carbocycles. The summed E-state index contributed by atoms with van der Waals surface area (Å²) in [4.78, 5) is 27.6.